The van der Waals surface area contributed by atoms with Crippen LogP contribution in [0.1, 0.15) is 39.5 Å². The molecule has 3 aliphatic heterocycles. The lowest BCUT2D eigenvalue weighted by atomic mass is 9.35. The van der Waals surface area contributed by atoms with Crippen molar-refractivity contribution >= 4 is 5.97 Å². The van der Waals surface area contributed by atoms with Gasteiger partial charge in [0.15, 0.2) is 0 Å². The normalized spacial score (nSPS) is 67.8. The average Bonchev–Trinajstić information content (AvgIpc) is 2.61. The number of esters is 1. The van der Waals surface area contributed by atoms with Crippen molar-refractivity contribution in [3.8, 4) is 0 Å². The molecule has 3 saturated heterocycles. The van der Waals surface area contributed by atoms with Crippen LogP contribution in [0.3, 0.4) is 0 Å². The topological polar surface area (TPSA) is 90.2 Å². The summed E-state index contributed by atoms with van der Waals surface area (Å²) in [5.41, 5.74) is -1.12. The van der Waals surface area contributed by atoms with Gasteiger partial charge >= 0.3 is 5.97 Å². The van der Waals surface area contributed by atoms with Gasteiger partial charge in [-0.25, -0.2) is 0 Å². The van der Waals surface area contributed by atoms with E-state index in [2.05, 4.69) is 18.4 Å². The number of rotatable bonds is 1. The highest BCUT2D eigenvalue weighted by Gasteiger charge is 2.92. The van der Waals surface area contributed by atoms with E-state index in [-0.39, 0.29) is 34.9 Å². The van der Waals surface area contributed by atoms with Crippen LogP contribution in [-0.2, 0) is 9.53 Å². The molecule has 6 aliphatic carbocycles. The third kappa shape index (κ3) is 1.48. The van der Waals surface area contributed by atoms with Crippen molar-refractivity contribution in [1.29, 1.82) is 0 Å². The van der Waals surface area contributed by atoms with Gasteiger partial charge < -0.3 is 20.1 Å². The Morgan fingerprint density at radius 2 is 2.00 bits per heavy atom. The molecule has 6 heteroatoms. The number of carbonyl (C=O) groups is 1. The lowest BCUT2D eigenvalue weighted by molar-refractivity contribution is -0.284. The number of hydrogen-bond donors (Lipinski definition) is 3. The summed E-state index contributed by atoms with van der Waals surface area (Å²) in [4.78, 5) is 14.3. The molecule has 6 saturated carbocycles. The van der Waals surface area contributed by atoms with Crippen LogP contribution in [0, 0.1) is 39.9 Å². The number of aliphatic hydroxyl groups excluding tert-OH is 2. The molecule has 0 radical (unpaired) electrons. The number of hydrogen-bond acceptors (Lipinski definition) is 6. The van der Waals surface area contributed by atoms with E-state index in [4.69, 9.17) is 4.74 Å². The van der Waals surface area contributed by atoms with Crippen molar-refractivity contribution in [2.75, 3.05) is 13.1 Å². The van der Waals surface area contributed by atoms with Gasteiger partial charge in [0, 0.05) is 48.7 Å². The van der Waals surface area contributed by atoms with Crippen LogP contribution in [0.5, 0.6) is 0 Å². The fourth-order valence-electron chi connectivity index (χ4n) is 11.4. The Kier molecular flexibility index (Phi) is 2.82. The van der Waals surface area contributed by atoms with E-state index in [1.165, 1.54) is 6.92 Å². The maximum Gasteiger partial charge on any atom is 0.302 e. The lowest BCUT2D eigenvalue weighted by Gasteiger charge is -2.74. The molecular weight excluding hydrogens is 370 g/mol. The molecule has 2 spiro atoms. The SMILES string of the molecule is C=C1C[C@@]23C[C@@H]4CN5C[C@]6(C)C[C@H](OC(C)=O)C[C@@]7([C@H]2[C@H](O)[C@@H]1[C@H](O)[C@@]3(O)[C@H]57)[C@@H]46. The molecule has 0 amide bonds. The fourth-order valence-corrected chi connectivity index (χ4v) is 11.4. The van der Waals surface area contributed by atoms with E-state index in [0.717, 1.165) is 31.5 Å². The molecule has 3 N–H and O–H groups in total. The lowest BCUT2D eigenvalue weighted by Crippen LogP contribution is -2.77. The molecule has 0 aromatic carbocycles. The maximum absolute atomic E-state index is 12.4. The van der Waals surface area contributed by atoms with Crippen molar-refractivity contribution in [3.63, 3.8) is 0 Å². The smallest absolute Gasteiger partial charge is 0.302 e. The minimum Gasteiger partial charge on any atom is -0.463 e. The van der Waals surface area contributed by atoms with Crippen LogP contribution >= 0.6 is 0 Å². The van der Waals surface area contributed by atoms with Crippen LogP contribution in [0.15, 0.2) is 12.2 Å². The largest absolute Gasteiger partial charge is 0.463 e. The summed E-state index contributed by atoms with van der Waals surface area (Å²) in [6.45, 7) is 9.87. The molecule has 0 aromatic heterocycles. The summed E-state index contributed by atoms with van der Waals surface area (Å²) in [5, 5.41) is 35.5. The van der Waals surface area contributed by atoms with Crippen molar-refractivity contribution < 1.29 is 24.9 Å². The van der Waals surface area contributed by atoms with Crippen molar-refractivity contribution in [3.05, 3.63) is 12.2 Å². The van der Waals surface area contributed by atoms with E-state index in [1.807, 2.05) is 0 Å². The number of fused-ring (bicyclic) bond motifs is 1. The monoisotopic (exact) mass is 401 g/mol. The zero-order valence-corrected chi connectivity index (χ0v) is 17.2. The van der Waals surface area contributed by atoms with Gasteiger partial charge in [-0.2, -0.15) is 0 Å². The second-order valence-corrected chi connectivity index (χ2v) is 11.9. The summed E-state index contributed by atoms with van der Waals surface area (Å²) in [7, 11) is 0. The van der Waals surface area contributed by atoms with Crippen molar-refractivity contribution in [2.45, 2.75) is 69.5 Å². The second kappa shape index (κ2) is 4.62. The first-order valence-electron chi connectivity index (χ1n) is 11.3. The van der Waals surface area contributed by atoms with Crippen molar-refractivity contribution in [1.82, 2.24) is 4.90 Å². The molecule has 9 fully saturated rings. The van der Waals surface area contributed by atoms with E-state index in [0.29, 0.717) is 24.7 Å². The first-order chi connectivity index (χ1) is 13.6. The average molecular weight is 402 g/mol. The van der Waals surface area contributed by atoms with Gasteiger partial charge in [0.05, 0.1) is 12.2 Å². The number of ether oxygens (including phenoxy) is 1. The highest BCUT2D eigenvalue weighted by atomic mass is 16.5. The number of carbonyl (C=O) groups excluding carboxylic acids is 1. The van der Waals surface area contributed by atoms with Crippen LogP contribution in [0.2, 0.25) is 0 Å². The van der Waals surface area contributed by atoms with Gasteiger partial charge in [-0.15, -0.1) is 0 Å². The molecule has 1 unspecified atom stereocenters. The Morgan fingerprint density at radius 1 is 1.24 bits per heavy atom. The van der Waals surface area contributed by atoms with Crippen molar-refractivity contribution in [2.24, 2.45) is 39.9 Å². The van der Waals surface area contributed by atoms with Crippen LogP contribution in [-0.4, -0.2) is 69.2 Å². The first kappa shape index (κ1) is 17.7. The highest BCUT2D eigenvalue weighted by molar-refractivity contribution is 5.66. The molecule has 0 aromatic rings. The van der Waals surface area contributed by atoms with Crippen LogP contribution < -0.4 is 0 Å². The Labute approximate surface area is 170 Å². The fraction of sp³-hybridized carbons (Fsp3) is 0.870. The standard InChI is InChI=1S/C23H31NO5/c1-10-4-21-5-12-8-24-9-20(3)6-13(29-11(2)25)7-22(16(12)20)17(21)15(26)14(10)18(27)23(21,28)19(22)24/h12-19,26-28H,1,4-9H2,2-3H3/t12-,13+,14-,15-,16+,17+,18+,19-,20+,21-,22+,23-/m1/s1. The third-order valence-corrected chi connectivity index (χ3v) is 10.8. The zero-order valence-electron chi connectivity index (χ0n) is 17.2. The second-order valence-electron chi connectivity index (χ2n) is 11.9. The van der Waals surface area contributed by atoms with Crippen LogP contribution in [0.4, 0.5) is 0 Å². The maximum atomic E-state index is 12.4. The van der Waals surface area contributed by atoms with Gasteiger partial charge in [-0.3, -0.25) is 9.69 Å². The summed E-state index contributed by atoms with van der Waals surface area (Å²) in [6, 6.07) is -0.169. The van der Waals surface area contributed by atoms with E-state index < -0.39 is 29.1 Å². The minimum absolute atomic E-state index is 0.00809. The molecule has 9 aliphatic rings. The van der Waals surface area contributed by atoms with E-state index >= 15 is 0 Å². The molecule has 13 atom stereocenters. The van der Waals surface area contributed by atoms with Gasteiger partial charge in [0.1, 0.15) is 11.7 Å². The zero-order chi connectivity index (χ0) is 20.3. The summed E-state index contributed by atoms with van der Waals surface area (Å²) in [5.74, 6) is 0.0806. The van der Waals surface area contributed by atoms with Gasteiger partial charge in [-0.1, -0.05) is 19.1 Å². The quantitative estimate of drug-likeness (QED) is 0.443. The molecule has 3 heterocycles. The summed E-state index contributed by atoms with van der Waals surface area (Å²) < 4.78 is 5.80. The Hall–Kier alpha value is -0.950. The highest BCUT2D eigenvalue weighted by Crippen LogP contribution is 2.86. The molecule has 6 nitrogen and oxygen atoms in total. The van der Waals surface area contributed by atoms with Gasteiger partial charge in [-0.05, 0) is 42.9 Å². The third-order valence-electron chi connectivity index (χ3n) is 10.8. The predicted octanol–water partition coefficient (Wildman–Crippen LogP) is 0.697. The Morgan fingerprint density at radius 3 is 2.72 bits per heavy atom. The number of piperidine rings is 3. The molecule has 9 bridgehead atoms. The number of aliphatic hydroxyl groups is 3. The molecule has 29 heavy (non-hydrogen) atoms. The van der Waals surface area contributed by atoms with Gasteiger partial charge in [0.25, 0.3) is 0 Å². The van der Waals surface area contributed by atoms with E-state index in [1.54, 1.807) is 0 Å². The minimum atomic E-state index is -1.22. The Bertz CT molecular complexity index is 875. The Balaban J connectivity index is 1.51. The summed E-state index contributed by atoms with van der Waals surface area (Å²) >= 11 is 0. The molecule has 9 rings (SSSR count). The van der Waals surface area contributed by atoms with E-state index in [9.17, 15) is 20.1 Å². The summed E-state index contributed by atoms with van der Waals surface area (Å²) in [6.07, 6.45) is 1.28. The van der Waals surface area contributed by atoms with Gasteiger partial charge in [0.2, 0.25) is 0 Å². The molecular formula is C23H31NO5. The van der Waals surface area contributed by atoms with Crippen LogP contribution in [0.25, 0.3) is 0 Å². The number of nitrogens with zero attached hydrogens (tertiary/aromatic N) is 1. The molecule has 158 valence electrons. The predicted molar refractivity (Wildman–Crippen MR) is 102 cm³/mol. The first-order valence-corrected chi connectivity index (χ1v) is 11.3.